The molecule has 1 fully saturated rings. The molecule has 2 N–H and O–H groups in total. The molecule has 0 spiro atoms. The smallest absolute Gasteiger partial charge is 0.322 e. The Bertz CT molecular complexity index is 470. The molecule has 1 aliphatic rings. The molecule has 18 heavy (non-hydrogen) atoms. The maximum atomic E-state index is 11.6. The minimum absolute atomic E-state index is 0.263. The van der Waals surface area contributed by atoms with Crippen molar-refractivity contribution in [3.63, 3.8) is 0 Å². The van der Waals surface area contributed by atoms with Crippen LogP contribution < -0.4 is 15.4 Å². The normalized spacial score (nSPS) is 22.6. The lowest BCUT2D eigenvalue weighted by Crippen LogP contribution is -2.43. The van der Waals surface area contributed by atoms with Crippen LogP contribution in [-0.2, 0) is 11.2 Å². The average molecular weight is 248 g/mol. The van der Waals surface area contributed by atoms with E-state index in [9.17, 15) is 9.59 Å². The van der Waals surface area contributed by atoms with Crippen LogP contribution in [0.1, 0.15) is 18.9 Å². The quantitative estimate of drug-likeness (QED) is 0.787. The summed E-state index contributed by atoms with van der Waals surface area (Å²) < 4.78 is 5.08. The van der Waals surface area contributed by atoms with E-state index in [1.165, 1.54) is 0 Å². The van der Waals surface area contributed by atoms with Crippen molar-refractivity contribution in [3.8, 4) is 5.75 Å². The Kier molecular flexibility index (Phi) is 3.23. The number of rotatable bonds is 4. The van der Waals surface area contributed by atoms with Crippen molar-refractivity contribution in [2.24, 2.45) is 0 Å². The summed E-state index contributed by atoms with van der Waals surface area (Å²) in [6.45, 7) is 1.73. The molecule has 5 nitrogen and oxygen atoms in total. The van der Waals surface area contributed by atoms with Crippen molar-refractivity contribution in [1.82, 2.24) is 10.6 Å². The van der Waals surface area contributed by atoms with Crippen LogP contribution in [-0.4, -0.2) is 24.6 Å². The minimum atomic E-state index is -0.809. The molecule has 0 radical (unpaired) electrons. The van der Waals surface area contributed by atoms with Crippen LogP contribution in [0, 0.1) is 0 Å². The Labute approximate surface area is 106 Å². The summed E-state index contributed by atoms with van der Waals surface area (Å²) in [5.74, 6) is 0.540. The van der Waals surface area contributed by atoms with Crippen LogP contribution in [0.4, 0.5) is 4.79 Å². The zero-order valence-electron chi connectivity index (χ0n) is 10.4. The number of carbonyl (C=O) groups excluding carboxylic acids is 2. The number of benzene rings is 1. The van der Waals surface area contributed by atoms with Gasteiger partial charge < -0.3 is 10.1 Å². The third-order valence-corrected chi connectivity index (χ3v) is 3.19. The number of urea groups is 1. The minimum Gasteiger partial charge on any atom is -0.497 e. The molecule has 0 unspecified atom stereocenters. The van der Waals surface area contributed by atoms with E-state index in [0.717, 1.165) is 11.3 Å². The fourth-order valence-electron chi connectivity index (χ4n) is 1.94. The lowest BCUT2D eigenvalue weighted by atomic mass is 9.93. The molecule has 1 saturated heterocycles. The molecule has 3 amide bonds. The highest BCUT2D eigenvalue weighted by Gasteiger charge is 2.41. The summed E-state index contributed by atoms with van der Waals surface area (Å²) >= 11 is 0. The molecule has 1 aromatic rings. The predicted molar refractivity (Wildman–Crippen MR) is 66.4 cm³/mol. The van der Waals surface area contributed by atoms with Crippen LogP contribution in [0.5, 0.6) is 5.75 Å². The maximum absolute atomic E-state index is 11.6. The molecule has 0 saturated carbocycles. The van der Waals surface area contributed by atoms with Crippen molar-refractivity contribution < 1.29 is 14.3 Å². The Morgan fingerprint density at radius 2 is 1.89 bits per heavy atom. The number of methoxy groups -OCH3 is 1. The molecule has 0 aliphatic carbocycles. The van der Waals surface area contributed by atoms with Crippen molar-refractivity contribution in [2.75, 3.05) is 7.11 Å². The van der Waals surface area contributed by atoms with Gasteiger partial charge >= 0.3 is 6.03 Å². The van der Waals surface area contributed by atoms with Crippen LogP contribution in [0.2, 0.25) is 0 Å². The summed E-state index contributed by atoms with van der Waals surface area (Å²) in [5.41, 5.74) is 0.294. The number of hydrogen-bond acceptors (Lipinski definition) is 3. The van der Waals surface area contributed by atoms with Crippen molar-refractivity contribution in [2.45, 2.75) is 25.3 Å². The highest BCUT2D eigenvalue weighted by molar-refractivity contribution is 6.06. The molecule has 1 heterocycles. The summed E-state index contributed by atoms with van der Waals surface area (Å²) in [6.07, 6.45) is 1.28. The van der Waals surface area contributed by atoms with Gasteiger partial charge in [0.25, 0.3) is 5.91 Å². The highest BCUT2D eigenvalue weighted by Crippen LogP contribution is 2.19. The first-order chi connectivity index (χ1) is 8.53. The Hall–Kier alpha value is -2.04. The second-order valence-corrected chi connectivity index (χ2v) is 4.59. The van der Waals surface area contributed by atoms with Gasteiger partial charge in [0.2, 0.25) is 0 Å². The maximum Gasteiger partial charge on any atom is 0.322 e. The summed E-state index contributed by atoms with van der Waals surface area (Å²) in [7, 11) is 1.62. The van der Waals surface area contributed by atoms with E-state index >= 15 is 0 Å². The van der Waals surface area contributed by atoms with E-state index in [1.807, 2.05) is 24.3 Å². The number of imide groups is 1. The van der Waals surface area contributed by atoms with Gasteiger partial charge in [-0.2, -0.15) is 0 Å². The lowest BCUT2D eigenvalue weighted by Gasteiger charge is -2.20. The third-order valence-electron chi connectivity index (χ3n) is 3.19. The van der Waals surface area contributed by atoms with E-state index in [0.29, 0.717) is 12.8 Å². The molecule has 1 aliphatic heterocycles. The summed E-state index contributed by atoms with van der Waals surface area (Å²) in [6, 6.07) is 7.25. The third kappa shape index (κ3) is 2.45. The molecule has 2 rings (SSSR count). The van der Waals surface area contributed by atoms with Crippen molar-refractivity contribution in [1.29, 1.82) is 0 Å². The second kappa shape index (κ2) is 4.68. The first kappa shape index (κ1) is 12.4. The molecular formula is C13H16N2O3. The van der Waals surface area contributed by atoms with Crippen molar-refractivity contribution in [3.05, 3.63) is 29.8 Å². The van der Waals surface area contributed by atoms with Gasteiger partial charge in [0.15, 0.2) is 0 Å². The molecule has 5 heteroatoms. The fraction of sp³-hybridized carbons (Fsp3) is 0.385. The number of ether oxygens (including phenoxy) is 1. The van der Waals surface area contributed by atoms with Crippen LogP contribution in [0.25, 0.3) is 0 Å². The second-order valence-electron chi connectivity index (χ2n) is 4.59. The topological polar surface area (TPSA) is 67.4 Å². The van der Waals surface area contributed by atoms with E-state index in [1.54, 1.807) is 14.0 Å². The predicted octanol–water partition coefficient (Wildman–Crippen LogP) is 1.23. The average Bonchev–Trinajstić information content (AvgIpc) is 2.61. The number of hydrogen-bond donors (Lipinski definition) is 2. The Morgan fingerprint density at radius 1 is 1.22 bits per heavy atom. The standard InChI is InChI=1S/C13H16N2O3/c1-13(11(16)14-12(17)15-13)8-7-9-3-5-10(18-2)6-4-9/h3-6H,7-8H2,1-2H3,(H2,14,15,16,17)/t13-/m1/s1. The van der Waals surface area contributed by atoms with E-state index in [4.69, 9.17) is 4.74 Å². The SMILES string of the molecule is COc1ccc(CC[C@@]2(C)NC(=O)NC2=O)cc1. The van der Waals surface area contributed by atoms with Crippen LogP contribution in [0.3, 0.4) is 0 Å². The van der Waals surface area contributed by atoms with E-state index in [2.05, 4.69) is 10.6 Å². The van der Waals surface area contributed by atoms with Gasteiger partial charge in [0, 0.05) is 0 Å². The molecule has 0 bridgehead atoms. The first-order valence-corrected chi connectivity index (χ1v) is 5.80. The van der Waals surface area contributed by atoms with Gasteiger partial charge in [0.1, 0.15) is 11.3 Å². The zero-order valence-corrected chi connectivity index (χ0v) is 10.4. The first-order valence-electron chi connectivity index (χ1n) is 5.80. The highest BCUT2D eigenvalue weighted by atomic mass is 16.5. The van der Waals surface area contributed by atoms with Gasteiger partial charge in [-0.25, -0.2) is 4.79 Å². The molecule has 1 aromatic carbocycles. The van der Waals surface area contributed by atoms with Crippen LogP contribution >= 0.6 is 0 Å². The Balaban J connectivity index is 1.98. The number of nitrogens with one attached hydrogen (secondary N) is 2. The van der Waals surface area contributed by atoms with Gasteiger partial charge in [-0.15, -0.1) is 0 Å². The Morgan fingerprint density at radius 3 is 2.39 bits per heavy atom. The van der Waals surface area contributed by atoms with E-state index in [-0.39, 0.29) is 5.91 Å². The number of amides is 3. The monoisotopic (exact) mass is 248 g/mol. The van der Waals surface area contributed by atoms with Gasteiger partial charge in [-0.1, -0.05) is 12.1 Å². The lowest BCUT2D eigenvalue weighted by molar-refractivity contribution is -0.123. The molecule has 0 aromatic heterocycles. The summed E-state index contributed by atoms with van der Waals surface area (Å²) in [5, 5.41) is 4.90. The van der Waals surface area contributed by atoms with Crippen molar-refractivity contribution >= 4 is 11.9 Å². The van der Waals surface area contributed by atoms with Gasteiger partial charge in [-0.3, -0.25) is 10.1 Å². The largest absolute Gasteiger partial charge is 0.497 e. The van der Waals surface area contributed by atoms with E-state index < -0.39 is 11.6 Å². The van der Waals surface area contributed by atoms with Gasteiger partial charge in [0.05, 0.1) is 7.11 Å². The number of aryl methyl sites for hydroxylation is 1. The molecular weight excluding hydrogens is 232 g/mol. The fourth-order valence-corrected chi connectivity index (χ4v) is 1.94. The molecule has 96 valence electrons. The number of carbonyl (C=O) groups is 2. The zero-order chi connectivity index (χ0) is 13.2. The van der Waals surface area contributed by atoms with Crippen LogP contribution in [0.15, 0.2) is 24.3 Å². The summed E-state index contributed by atoms with van der Waals surface area (Å²) in [4.78, 5) is 22.7. The van der Waals surface area contributed by atoms with Gasteiger partial charge in [-0.05, 0) is 37.5 Å². The molecule has 1 atom stereocenters.